The molecule has 0 radical (unpaired) electrons. The Morgan fingerprint density at radius 1 is 1.06 bits per heavy atom. The number of hydrogen-bond acceptors (Lipinski definition) is 3. The Morgan fingerprint density at radius 2 is 1.78 bits per heavy atom. The Hall–Kier alpha value is -0.510. The molecule has 0 unspecified atom stereocenters. The summed E-state index contributed by atoms with van der Waals surface area (Å²) in [6, 6.07) is 9.85. The predicted molar refractivity (Wildman–Crippen MR) is 76.0 cm³/mol. The van der Waals surface area contributed by atoms with E-state index >= 15 is 0 Å². The Bertz CT molecular complexity index is 369. The van der Waals surface area contributed by atoms with Crippen LogP contribution in [0.25, 0.3) is 0 Å². The van der Waals surface area contributed by atoms with Gasteiger partial charge in [-0.15, -0.1) is 11.8 Å². The van der Waals surface area contributed by atoms with Gasteiger partial charge in [-0.3, -0.25) is 0 Å². The summed E-state index contributed by atoms with van der Waals surface area (Å²) in [6.45, 7) is 2.88. The Balaban J connectivity index is 1.49. The summed E-state index contributed by atoms with van der Waals surface area (Å²) in [5, 5.41) is 4.30. The number of benzene rings is 1. The molecule has 2 nitrogen and oxygen atoms in total. The van der Waals surface area contributed by atoms with Crippen molar-refractivity contribution in [1.29, 1.82) is 0 Å². The van der Waals surface area contributed by atoms with Gasteiger partial charge in [0.15, 0.2) is 0 Å². The maximum Gasteiger partial charge on any atom is 0.0476 e. The minimum absolute atomic E-state index is 0.745. The number of nitrogens with one attached hydrogen (secondary N) is 1. The van der Waals surface area contributed by atoms with Crippen LogP contribution in [0.4, 0.5) is 0 Å². The normalized spacial score (nSPS) is 21.1. The second-order valence-electron chi connectivity index (χ2n) is 5.23. The van der Waals surface area contributed by atoms with Gasteiger partial charge in [0.2, 0.25) is 0 Å². The van der Waals surface area contributed by atoms with Crippen LogP contribution in [0.5, 0.6) is 0 Å². The lowest BCUT2D eigenvalue weighted by Gasteiger charge is -2.21. The van der Waals surface area contributed by atoms with Gasteiger partial charge in [-0.1, -0.05) is 12.1 Å². The van der Waals surface area contributed by atoms with Gasteiger partial charge in [0, 0.05) is 35.9 Å². The zero-order chi connectivity index (χ0) is 12.2. The molecule has 1 saturated carbocycles. The standard InChI is InChI=1S/C15H21NOS/c1-5-14(18-15-7-9-17-10-8-15)6-2-12(1)11-16-13-3-4-13/h1-2,5-6,13,15-16H,3-4,7-11H2. The van der Waals surface area contributed by atoms with Crippen LogP contribution in [0.2, 0.25) is 0 Å². The first-order chi connectivity index (χ1) is 8.90. The zero-order valence-electron chi connectivity index (χ0n) is 10.7. The average molecular weight is 263 g/mol. The largest absolute Gasteiger partial charge is 0.381 e. The van der Waals surface area contributed by atoms with Gasteiger partial charge in [-0.2, -0.15) is 0 Å². The van der Waals surface area contributed by atoms with Gasteiger partial charge >= 0.3 is 0 Å². The monoisotopic (exact) mass is 263 g/mol. The van der Waals surface area contributed by atoms with Crippen molar-refractivity contribution in [2.24, 2.45) is 0 Å². The molecule has 3 heteroatoms. The summed E-state index contributed by atoms with van der Waals surface area (Å²) in [5.74, 6) is 0. The molecule has 0 spiro atoms. The SMILES string of the molecule is c1cc(SC2CCOCC2)ccc1CNC1CC1. The molecular weight excluding hydrogens is 242 g/mol. The molecule has 3 rings (SSSR count). The number of ether oxygens (including phenoxy) is 1. The van der Waals surface area contributed by atoms with Crippen molar-refractivity contribution in [2.75, 3.05) is 13.2 Å². The van der Waals surface area contributed by atoms with Gasteiger partial charge in [-0.25, -0.2) is 0 Å². The highest BCUT2D eigenvalue weighted by Crippen LogP contribution is 2.29. The third-order valence-electron chi connectivity index (χ3n) is 3.57. The number of rotatable bonds is 5. The van der Waals surface area contributed by atoms with Crippen molar-refractivity contribution < 1.29 is 4.74 Å². The summed E-state index contributed by atoms with van der Waals surface area (Å²) in [5.41, 5.74) is 1.40. The summed E-state index contributed by atoms with van der Waals surface area (Å²) in [6.07, 6.45) is 5.10. The molecule has 1 heterocycles. The van der Waals surface area contributed by atoms with Gasteiger partial charge in [0.05, 0.1) is 0 Å². The molecule has 0 bridgehead atoms. The van der Waals surface area contributed by atoms with E-state index in [0.29, 0.717) is 0 Å². The second-order valence-corrected chi connectivity index (χ2v) is 6.60. The van der Waals surface area contributed by atoms with Crippen LogP contribution in [0.15, 0.2) is 29.2 Å². The topological polar surface area (TPSA) is 21.3 Å². The molecule has 1 N–H and O–H groups in total. The van der Waals surface area contributed by atoms with E-state index in [2.05, 4.69) is 29.6 Å². The van der Waals surface area contributed by atoms with E-state index in [9.17, 15) is 0 Å². The van der Waals surface area contributed by atoms with E-state index in [-0.39, 0.29) is 0 Å². The van der Waals surface area contributed by atoms with E-state index in [1.807, 2.05) is 11.8 Å². The van der Waals surface area contributed by atoms with E-state index < -0.39 is 0 Å². The molecule has 18 heavy (non-hydrogen) atoms. The van der Waals surface area contributed by atoms with Crippen molar-refractivity contribution in [3.05, 3.63) is 29.8 Å². The van der Waals surface area contributed by atoms with Crippen LogP contribution >= 0.6 is 11.8 Å². The van der Waals surface area contributed by atoms with Crippen LogP contribution in [0.1, 0.15) is 31.2 Å². The summed E-state index contributed by atoms with van der Waals surface area (Å²) in [4.78, 5) is 1.40. The summed E-state index contributed by atoms with van der Waals surface area (Å²) in [7, 11) is 0. The van der Waals surface area contributed by atoms with Crippen LogP contribution in [-0.4, -0.2) is 24.5 Å². The third kappa shape index (κ3) is 3.74. The molecule has 2 fully saturated rings. The Morgan fingerprint density at radius 3 is 2.44 bits per heavy atom. The first-order valence-corrected chi connectivity index (χ1v) is 7.85. The highest BCUT2D eigenvalue weighted by atomic mass is 32.2. The lowest BCUT2D eigenvalue weighted by atomic mass is 10.2. The van der Waals surface area contributed by atoms with Crippen LogP contribution in [0.3, 0.4) is 0 Å². The Kier molecular flexibility index (Phi) is 4.24. The van der Waals surface area contributed by atoms with Crippen LogP contribution < -0.4 is 5.32 Å². The lowest BCUT2D eigenvalue weighted by molar-refractivity contribution is 0.100. The van der Waals surface area contributed by atoms with E-state index in [0.717, 1.165) is 31.1 Å². The van der Waals surface area contributed by atoms with E-state index in [4.69, 9.17) is 4.74 Å². The van der Waals surface area contributed by atoms with Crippen molar-refractivity contribution in [3.8, 4) is 0 Å². The average Bonchev–Trinajstić information content (AvgIpc) is 3.23. The molecule has 1 saturated heterocycles. The number of hydrogen-bond donors (Lipinski definition) is 1. The first kappa shape index (κ1) is 12.5. The van der Waals surface area contributed by atoms with Gasteiger partial charge < -0.3 is 10.1 Å². The fourth-order valence-electron chi connectivity index (χ4n) is 2.22. The zero-order valence-corrected chi connectivity index (χ0v) is 11.5. The maximum atomic E-state index is 5.40. The van der Waals surface area contributed by atoms with Crippen molar-refractivity contribution in [2.45, 2.75) is 48.4 Å². The first-order valence-electron chi connectivity index (χ1n) is 6.97. The van der Waals surface area contributed by atoms with E-state index in [1.165, 1.54) is 36.1 Å². The molecule has 2 aliphatic rings. The maximum absolute atomic E-state index is 5.40. The molecule has 0 amide bonds. The van der Waals surface area contributed by atoms with Gasteiger partial charge in [0.25, 0.3) is 0 Å². The predicted octanol–water partition coefficient (Wildman–Crippen LogP) is 3.21. The van der Waals surface area contributed by atoms with Crippen LogP contribution in [0, 0.1) is 0 Å². The highest BCUT2D eigenvalue weighted by Gasteiger charge is 2.20. The van der Waals surface area contributed by atoms with Crippen molar-refractivity contribution in [1.82, 2.24) is 5.32 Å². The fraction of sp³-hybridized carbons (Fsp3) is 0.600. The van der Waals surface area contributed by atoms with Crippen molar-refractivity contribution in [3.63, 3.8) is 0 Å². The molecular formula is C15H21NOS. The molecule has 1 aliphatic heterocycles. The molecule has 0 aromatic heterocycles. The fourth-order valence-corrected chi connectivity index (χ4v) is 3.33. The third-order valence-corrected chi connectivity index (χ3v) is 4.92. The summed E-state index contributed by atoms with van der Waals surface area (Å²) < 4.78 is 5.40. The second kappa shape index (κ2) is 6.09. The highest BCUT2D eigenvalue weighted by molar-refractivity contribution is 8.00. The van der Waals surface area contributed by atoms with Crippen molar-refractivity contribution >= 4 is 11.8 Å². The molecule has 0 atom stereocenters. The van der Waals surface area contributed by atoms with E-state index in [1.54, 1.807) is 0 Å². The number of thioether (sulfide) groups is 1. The summed E-state index contributed by atoms with van der Waals surface area (Å²) >= 11 is 2.01. The molecule has 1 aliphatic carbocycles. The minimum atomic E-state index is 0.745. The molecule has 98 valence electrons. The smallest absolute Gasteiger partial charge is 0.0476 e. The minimum Gasteiger partial charge on any atom is -0.381 e. The van der Waals surface area contributed by atoms with Crippen LogP contribution in [-0.2, 0) is 11.3 Å². The Labute approximate surface area is 113 Å². The lowest BCUT2D eigenvalue weighted by Crippen LogP contribution is -2.17. The molecule has 1 aromatic rings. The molecule has 1 aromatic carbocycles. The van der Waals surface area contributed by atoms with Gasteiger partial charge in [-0.05, 0) is 43.4 Å². The van der Waals surface area contributed by atoms with Gasteiger partial charge in [0.1, 0.15) is 0 Å². The quantitative estimate of drug-likeness (QED) is 0.881.